The van der Waals surface area contributed by atoms with Crippen molar-refractivity contribution in [2.45, 2.75) is 6.92 Å². The van der Waals surface area contributed by atoms with Crippen LogP contribution in [0, 0.1) is 0 Å². The summed E-state index contributed by atoms with van der Waals surface area (Å²) in [6.07, 6.45) is 1.67. The summed E-state index contributed by atoms with van der Waals surface area (Å²) in [6.45, 7) is 1.84. The molecule has 0 spiro atoms. The second-order valence-electron chi connectivity index (χ2n) is 0.356. The Balaban J connectivity index is 2.55. The van der Waals surface area contributed by atoms with Gasteiger partial charge in [0, 0.05) is 6.21 Å². The normalized spacial score (nSPS) is 9.50. The minimum Gasteiger partial charge on any atom is -0.220 e. The van der Waals surface area contributed by atoms with Gasteiger partial charge in [-0.2, -0.15) is 0 Å². The number of halogens is 1. The van der Waals surface area contributed by atoms with Crippen molar-refractivity contribution in [1.29, 1.82) is 0 Å². The smallest absolute Gasteiger partial charge is 0.0729 e. The summed E-state index contributed by atoms with van der Waals surface area (Å²) in [4.78, 5) is 0. The van der Waals surface area contributed by atoms with Gasteiger partial charge in [-0.1, -0.05) is 0 Å². The van der Waals surface area contributed by atoms with E-state index in [0.29, 0.717) is 0 Å². The molecule has 0 saturated heterocycles. The first-order valence-corrected chi connectivity index (χ1v) is 1.71. The SMILES string of the molecule is C/C=N/Br. The van der Waals surface area contributed by atoms with Gasteiger partial charge in [-0.05, 0) is 6.92 Å². The summed E-state index contributed by atoms with van der Waals surface area (Å²) in [6, 6.07) is 0. The highest BCUT2D eigenvalue weighted by Crippen LogP contribution is 1.71. The van der Waals surface area contributed by atoms with Crippen LogP contribution in [0.1, 0.15) is 6.92 Å². The predicted octanol–water partition coefficient (Wildman–Crippen LogP) is 1.39. The summed E-state index contributed by atoms with van der Waals surface area (Å²) in [5.74, 6) is 0. The third-order valence-corrected chi connectivity index (χ3v) is 0.507. The fraction of sp³-hybridized carbons (Fsp3) is 0.500. The largest absolute Gasteiger partial charge is 0.220 e. The number of hydrogen-bond acceptors (Lipinski definition) is 1. The fourth-order valence-corrected chi connectivity index (χ4v) is 0. The Morgan fingerprint density at radius 3 is 2.25 bits per heavy atom. The Kier molecular flexibility index (Phi) is 3.27. The molecule has 0 unspecified atom stereocenters. The van der Waals surface area contributed by atoms with Gasteiger partial charge in [0.15, 0.2) is 0 Å². The van der Waals surface area contributed by atoms with Crippen molar-refractivity contribution < 1.29 is 0 Å². The summed E-state index contributed by atoms with van der Waals surface area (Å²) in [5.41, 5.74) is 0. The molecule has 0 aromatic carbocycles. The van der Waals surface area contributed by atoms with Crippen LogP contribution in [0.4, 0.5) is 0 Å². The van der Waals surface area contributed by atoms with E-state index in [2.05, 4.69) is 20.2 Å². The van der Waals surface area contributed by atoms with E-state index < -0.39 is 0 Å². The molecule has 0 aromatic rings. The minimum atomic E-state index is 1.67. The van der Waals surface area contributed by atoms with Crippen molar-refractivity contribution in [2.24, 2.45) is 4.02 Å². The van der Waals surface area contributed by atoms with E-state index in [4.69, 9.17) is 0 Å². The molecule has 1 nitrogen and oxygen atoms in total. The molecule has 0 saturated carbocycles. The first-order valence-electron chi connectivity index (χ1n) is 1.00. The second kappa shape index (κ2) is 3.15. The van der Waals surface area contributed by atoms with Gasteiger partial charge in [-0.15, -0.1) is 0 Å². The lowest BCUT2D eigenvalue weighted by molar-refractivity contribution is 1.92. The lowest BCUT2D eigenvalue weighted by Gasteiger charge is -1.48. The molecule has 0 atom stereocenters. The third kappa shape index (κ3) is 2.15. The molecular formula is C2H4BrN. The highest BCUT2D eigenvalue weighted by atomic mass is 79.9. The Bertz CT molecular complexity index is 21.2. The summed E-state index contributed by atoms with van der Waals surface area (Å²) >= 11 is 2.82. The Morgan fingerprint density at radius 2 is 2.25 bits per heavy atom. The number of nitrogens with zero attached hydrogens (tertiary/aromatic N) is 1. The van der Waals surface area contributed by atoms with E-state index in [-0.39, 0.29) is 0 Å². The van der Waals surface area contributed by atoms with Crippen LogP contribution in [-0.2, 0) is 0 Å². The van der Waals surface area contributed by atoms with Gasteiger partial charge in [0.1, 0.15) is 0 Å². The van der Waals surface area contributed by atoms with E-state index in [1.165, 1.54) is 0 Å². The monoisotopic (exact) mass is 121 g/mol. The maximum atomic E-state index is 3.42. The lowest BCUT2D eigenvalue weighted by Crippen LogP contribution is -1.38. The van der Waals surface area contributed by atoms with E-state index >= 15 is 0 Å². The van der Waals surface area contributed by atoms with Gasteiger partial charge in [0.25, 0.3) is 0 Å². The Hall–Kier alpha value is 0.150. The van der Waals surface area contributed by atoms with Gasteiger partial charge in [0.2, 0.25) is 0 Å². The zero-order valence-electron chi connectivity index (χ0n) is 2.40. The minimum absolute atomic E-state index is 1.67. The topological polar surface area (TPSA) is 12.4 Å². The van der Waals surface area contributed by atoms with E-state index in [9.17, 15) is 0 Å². The predicted molar refractivity (Wildman–Crippen MR) is 23.1 cm³/mol. The Labute approximate surface area is 34.1 Å². The van der Waals surface area contributed by atoms with Gasteiger partial charge >= 0.3 is 0 Å². The summed E-state index contributed by atoms with van der Waals surface area (Å²) in [5, 5.41) is 0. The van der Waals surface area contributed by atoms with Crippen molar-refractivity contribution >= 4 is 22.4 Å². The third-order valence-electron chi connectivity index (χ3n) is 0.0976. The lowest BCUT2D eigenvalue weighted by atomic mass is 10.9. The Morgan fingerprint density at radius 1 is 2.00 bits per heavy atom. The van der Waals surface area contributed by atoms with Crippen LogP contribution in [0.5, 0.6) is 0 Å². The molecule has 4 heavy (non-hydrogen) atoms. The maximum Gasteiger partial charge on any atom is 0.0729 e. The number of rotatable bonds is 0. The first kappa shape index (κ1) is 4.15. The van der Waals surface area contributed by atoms with E-state index in [0.717, 1.165) is 0 Å². The zero-order valence-corrected chi connectivity index (χ0v) is 3.99. The van der Waals surface area contributed by atoms with Crippen molar-refractivity contribution in [3.8, 4) is 0 Å². The quantitative estimate of drug-likeness (QED) is 0.430. The van der Waals surface area contributed by atoms with Gasteiger partial charge in [0.05, 0.1) is 16.1 Å². The van der Waals surface area contributed by atoms with Crippen LogP contribution in [0.3, 0.4) is 0 Å². The molecule has 0 heterocycles. The maximum absolute atomic E-state index is 3.42. The second-order valence-corrected chi connectivity index (χ2v) is 0.765. The van der Waals surface area contributed by atoms with Crippen molar-refractivity contribution in [3.63, 3.8) is 0 Å². The molecule has 0 aliphatic rings. The van der Waals surface area contributed by atoms with Crippen LogP contribution in [0.2, 0.25) is 0 Å². The molecule has 0 rings (SSSR count). The molecule has 2 heteroatoms. The average Bonchev–Trinajstić information content (AvgIpc) is 1.37. The summed E-state index contributed by atoms with van der Waals surface area (Å²) < 4.78 is 3.42. The number of hydrogen-bond donors (Lipinski definition) is 0. The van der Waals surface area contributed by atoms with Crippen LogP contribution in [-0.4, -0.2) is 6.21 Å². The van der Waals surface area contributed by atoms with E-state index in [1.54, 1.807) is 6.21 Å². The van der Waals surface area contributed by atoms with Gasteiger partial charge in [-0.25, -0.2) is 4.02 Å². The first-order chi connectivity index (χ1) is 1.91. The molecule has 0 aromatic heterocycles. The molecule has 0 N–H and O–H groups in total. The molecule has 0 fully saturated rings. The van der Waals surface area contributed by atoms with Crippen LogP contribution >= 0.6 is 16.1 Å². The summed E-state index contributed by atoms with van der Waals surface area (Å²) in [7, 11) is 0. The van der Waals surface area contributed by atoms with Gasteiger partial charge in [-0.3, -0.25) is 0 Å². The molecular weight excluding hydrogens is 118 g/mol. The van der Waals surface area contributed by atoms with Gasteiger partial charge < -0.3 is 0 Å². The molecule has 0 amide bonds. The van der Waals surface area contributed by atoms with Crippen LogP contribution in [0.15, 0.2) is 4.02 Å². The van der Waals surface area contributed by atoms with Crippen LogP contribution < -0.4 is 0 Å². The highest BCUT2D eigenvalue weighted by Gasteiger charge is 1.36. The molecule has 0 aliphatic heterocycles. The van der Waals surface area contributed by atoms with E-state index in [1.807, 2.05) is 6.92 Å². The standard InChI is InChI=1S/C2H4BrN/c1-2-4-3/h2H,1H3/b4-2+. The van der Waals surface area contributed by atoms with Crippen molar-refractivity contribution in [2.75, 3.05) is 0 Å². The molecule has 24 valence electrons. The molecule has 0 aliphatic carbocycles. The van der Waals surface area contributed by atoms with Crippen molar-refractivity contribution in [3.05, 3.63) is 0 Å². The fourth-order valence-electron chi connectivity index (χ4n) is 0. The molecule has 0 radical (unpaired) electrons. The van der Waals surface area contributed by atoms with Crippen molar-refractivity contribution in [1.82, 2.24) is 0 Å². The van der Waals surface area contributed by atoms with Crippen LogP contribution in [0.25, 0.3) is 0 Å². The zero-order chi connectivity index (χ0) is 3.41. The average molecular weight is 122 g/mol. The molecule has 0 bridgehead atoms. The highest BCUT2D eigenvalue weighted by molar-refractivity contribution is 9.08.